The van der Waals surface area contributed by atoms with Crippen LogP contribution < -0.4 is 0 Å². The Kier molecular flexibility index (Phi) is 2.74. The van der Waals surface area contributed by atoms with Crippen molar-refractivity contribution in [3.05, 3.63) is 0 Å². The molecule has 0 radical (unpaired) electrons. The average molecular weight is 192 g/mol. The summed E-state index contributed by atoms with van der Waals surface area (Å²) < 4.78 is 64.6. The van der Waals surface area contributed by atoms with E-state index in [0.29, 0.717) is 21.0 Å². The molecule has 0 saturated heterocycles. The largest absolute Gasteiger partial charge is 0.451 e. The van der Waals surface area contributed by atoms with Gasteiger partial charge in [0.1, 0.15) is 0 Å². The van der Waals surface area contributed by atoms with E-state index >= 15 is 0 Å². The van der Waals surface area contributed by atoms with Crippen molar-refractivity contribution in [2.24, 2.45) is 0 Å². The molecule has 74 valence electrons. The highest BCUT2D eigenvalue weighted by Crippen LogP contribution is 2.44. The number of ether oxygens (including phenoxy) is 1. The Morgan fingerprint density at radius 3 is 1.25 bits per heavy atom. The van der Waals surface area contributed by atoms with Crippen molar-refractivity contribution >= 4 is 0 Å². The van der Waals surface area contributed by atoms with Crippen LogP contribution >= 0.6 is 0 Å². The molecule has 0 fully saturated rings. The van der Waals surface area contributed by atoms with E-state index in [9.17, 15) is 22.0 Å². The summed E-state index contributed by atoms with van der Waals surface area (Å²) >= 11 is 0. The number of hydrogen-bond acceptors (Lipinski definition) is 1. The summed E-state index contributed by atoms with van der Waals surface area (Å²) in [6.07, 6.45) is -5.38. The smallest absolute Gasteiger partial charge is 0.340 e. The van der Waals surface area contributed by atoms with E-state index in [4.69, 9.17) is 0 Å². The van der Waals surface area contributed by atoms with Gasteiger partial charge in [-0.05, 0) is 13.8 Å². The maximum Gasteiger partial charge on any atom is 0.451 e. The Morgan fingerprint density at radius 2 is 1.25 bits per heavy atom. The van der Waals surface area contributed by atoms with Gasteiger partial charge in [0.05, 0.1) is 0 Å². The topological polar surface area (TPSA) is 9.23 Å². The molecule has 0 aromatic carbocycles. The molecule has 0 saturated carbocycles. The fraction of sp³-hybridized carbons (Fsp3) is 1.00. The Hall–Kier alpha value is -0.390. The third-order valence-corrected chi connectivity index (χ3v) is 1.41. The van der Waals surface area contributed by atoms with Crippen molar-refractivity contribution in [3.8, 4) is 0 Å². The van der Waals surface area contributed by atoms with Gasteiger partial charge in [-0.1, -0.05) is 0 Å². The molecular formula is C6H9F5O. The molecule has 0 N–H and O–H groups in total. The van der Waals surface area contributed by atoms with Crippen LogP contribution in [0.3, 0.4) is 0 Å². The van der Waals surface area contributed by atoms with Gasteiger partial charge in [0.25, 0.3) is 0 Å². The molecule has 1 atom stereocenters. The summed E-state index contributed by atoms with van der Waals surface area (Å²) in [5, 5.41) is 0. The van der Waals surface area contributed by atoms with E-state index in [1.807, 2.05) is 0 Å². The molecular weight excluding hydrogens is 183 g/mol. The van der Waals surface area contributed by atoms with Gasteiger partial charge in [-0.25, -0.2) is 4.39 Å². The van der Waals surface area contributed by atoms with E-state index in [1.54, 1.807) is 0 Å². The van der Waals surface area contributed by atoms with Gasteiger partial charge in [0.2, 0.25) is 0 Å². The van der Waals surface area contributed by atoms with Gasteiger partial charge >= 0.3 is 12.0 Å². The Bertz CT molecular complexity index is 142. The van der Waals surface area contributed by atoms with Crippen molar-refractivity contribution in [1.29, 1.82) is 0 Å². The predicted molar refractivity (Wildman–Crippen MR) is 32.1 cm³/mol. The van der Waals surface area contributed by atoms with E-state index in [0.717, 1.165) is 0 Å². The maximum atomic E-state index is 12.8. The van der Waals surface area contributed by atoms with Crippen molar-refractivity contribution in [3.63, 3.8) is 0 Å². The summed E-state index contributed by atoms with van der Waals surface area (Å²) in [6, 6.07) is 0. The zero-order chi connectivity index (χ0) is 10.2. The second-order valence-corrected chi connectivity index (χ2v) is 2.77. The zero-order valence-corrected chi connectivity index (χ0v) is 6.80. The van der Waals surface area contributed by atoms with Gasteiger partial charge in [0, 0.05) is 7.11 Å². The number of rotatable bonds is 2. The van der Waals surface area contributed by atoms with Crippen molar-refractivity contribution in [1.82, 2.24) is 0 Å². The summed E-state index contributed by atoms with van der Waals surface area (Å²) in [7, 11) is 0.467. The molecule has 0 heterocycles. The normalized spacial score (nSPS) is 19.0. The first-order valence-corrected chi connectivity index (χ1v) is 3.06. The molecule has 0 amide bonds. The Morgan fingerprint density at radius 1 is 0.917 bits per heavy atom. The molecule has 1 unspecified atom stereocenters. The van der Waals surface area contributed by atoms with Crippen LogP contribution in [0, 0.1) is 0 Å². The van der Waals surface area contributed by atoms with Crippen LogP contribution in [0.25, 0.3) is 0 Å². The van der Waals surface area contributed by atoms with Crippen LogP contribution in [0.1, 0.15) is 13.8 Å². The van der Waals surface area contributed by atoms with E-state index in [2.05, 4.69) is 4.74 Å². The molecule has 0 spiro atoms. The summed E-state index contributed by atoms with van der Waals surface area (Å²) in [4.78, 5) is 0. The highest BCUT2D eigenvalue weighted by atomic mass is 19.4. The average Bonchev–Trinajstić information content (AvgIpc) is 1.81. The van der Waals surface area contributed by atoms with Gasteiger partial charge in [-0.2, -0.15) is 17.6 Å². The third-order valence-electron chi connectivity index (χ3n) is 1.41. The molecule has 0 bridgehead atoms. The number of hydrogen-bond donors (Lipinski definition) is 0. The van der Waals surface area contributed by atoms with Crippen LogP contribution in [0.4, 0.5) is 22.0 Å². The van der Waals surface area contributed by atoms with Crippen molar-refractivity contribution in [2.45, 2.75) is 31.5 Å². The standard InChI is InChI=1S/C6H9F5O/c1-4(2,7)5(8,12-3)6(9,10)11/h1-3H3. The van der Waals surface area contributed by atoms with Gasteiger partial charge in [0.15, 0.2) is 5.67 Å². The second kappa shape index (κ2) is 2.83. The Balaban J connectivity index is 4.95. The highest BCUT2D eigenvalue weighted by molar-refractivity contribution is 4.92. The number of alkyl halides is 5. The first-order chi connectivity index (χ1) is 5.06. The number of methoxy groups -OCH3 is 1. The highest BCUT2D eigenvalue weighted by Gasteiger charge is 2.66. The lowest BCUT2D eigenvalue weighted by atomic mass is 10.0. The van der Waals surface area contributed by atoms with E-state index < -0.39 is 17.7 Å². The Labute approximate surface area is 66.5 Å². The van der Waals surface area contributed by atoms with Gasteiger partial charge in [-0.15, -0.1) is 0 Å². The fourth-order valence-corrected chi connectivity index (χ4v) is 0.695. The van der Waals surface area contributed by atoms with E-state index in [-0.39, 0.29) is 0 Å². The molecule has 0 aromatic heterocycles. The monoisotopic (exact) mass is 192 g/mol. The molecule has 0 aliphatic carbocycles. The molecule has 12 heavy (non-hydrogen) atoms. The summed E-state index contributed by atoms with van der Waals surface area (Å²) in [6.45, 7) is 0.925. The minimum atomic E-state index is -5.38. The minimum Gasteiger partial charge on any atom is -0.340 e. The molecule has 6 heteroatoms. The van der Waals surface area contributed by atoms with Gasteiger partial charge < -0.3 is 4.74 Å². The fourth-order valence-electron chi connectivity index (χ4n) is 0.695. The van der Waals surface area contributed by atoms with Crippen LogP contribution in [0.2, 0.25) is 0 Å². The lowest BCUT2D eigenvalue weighted by molar-refractivity contribution is -0.362. The first kappa shape index (κ1) is 11.6. The predicted octanol–water partition coefficient (Wildman–Crippen LogP) is 2.61. The molecule has 0 aliphatic rings. The molecule has 0 aromatic rings. The third kappa shape index (κ3) is 1.68. The zero-order valence-electron chi connectivity index (χ0n) is 6.80. The van der Waals surface area contributed by atoms with Crippen molar-refractivity contribution < 1.29 is 26.7 Å². The number of halogens is 5. The lowest BCUT2D eigenvalue weighted by Crippen LogP contribution is -2.55. The quantitative estimate of drug-likeness (QED) is 0.611. The molecule has 1 nitrogen and oxygen atoms in total. The molecule has 0 rings (SSSR count). The SMILES string of the molecule is COC(F)(C(C)(C)F)C(F)(F)F. The minimum absolute atomic E-state index is 0.462. The van der Waals surface area contributed by atoms with Crippen LogP contribution in [-0.4, -0.2) is 24.8 Å². The first-order valence-electron chi connectivity index (χ1n) is 3.06. The van der Waals surface area contributed by atoms with Crippen LogP contribution in [0.15, 0.2) is 0 Å². The van der Waals surface area contributed by atoms with Crippen LogP contribution in [-0.2, 0) is 4.74 Å². The van der Waals surface area contributed by atoms with E-state index in [1.165, 1.54) is 0 Å². The summed E-state index contributed by atoms with van der Waals surface area (Å²) in [5.41, 5.74) is -3.12. The maximum absolute atomic E-state index is 12.8. The second-order valence-electron chi connectivity index (χ2n) is 2.77. The van der Waals surface area contributed by atoms with Gasteiger partial charge in [-0.3, -0.25) is 0 Å². The van der Waals surface area contributed by atoms with Crippen LogP contribution in [0.5, 0.6) is 0 Å². The molecule has 0 aliphatic heterocycles. The summed E-state index contributed by atoms with van der Waals surface area (Å²) in [5.74, 6) is -4.25. The van der Waals surface area contributed by atoms with Crippen molar-refractivity contribution in [2.75, 3.05) is 7.11 Å². The lowest BCUT2D eigenvalue weighted by Gasteiger charge is -2.33.